The second-order valence-corrected chi connectivity index (χ2v) is 3.13. The number of halogens is 3. The normalized spacial score (nSPS) is 13.3. The summed E-state index contributed by atoms with van der Waals surface area (Å²) >= 11 is 0. The van der Waals surface area contributed by atoms with Crippen LogP contribution in [0.4, 0.5) is 13.2 Å². The quantitative estimate of drug-likeness (QED) is 0.795. The summed E-state index contributed by atoms with van der Waals surface area (Å²) in [5.74, 6) is -0.605. The standard InChI is InChI=1S/C10H10F3NO2/c1-16-9(15)7-4-2-6(3-5-7)8(14)10(11,12)13/h2-5,8H,14H2,1H3/t8-/m0/s1. The molecule has 0 saturated carbocycles. The molecule has 0 heterocycles. The Hall–Kier alpha value is -1.56. The summed E-state index contributed by atoms with van der Waals surface area (Å²) < 4.78 is 41.1. The van der Waals surface area contributed by atoms with Gasteiger partial charge < -0.3 is 10.5 Å². The minimum absolute atomic E-state index is 0.0971. The molecule has 0 aliphatic heterocycles. The van der Waals surface area contributed by atoms with E-state index in [1.165, 1.54) is 19.2 Å². The van der Waals surface area contributed by atoms with Gasteiger partial charge in [0.25, 0.3) is 0 Å². The third-order valence-corrected chi connectivity index (χ3v) is 2.04. The lowest BCUT2D eigenvalue weighted by Gasteiger charge is -2.15. The fourth-order valence-electron chi connectivity index (χ4n) is 1.13. The second-order valence-electron chi connectivity index (χ2n) is 3.13. The number of alkyl halides is 3. The van der Waals surface area contributed by atoms with Gasteiger partial charge in [-0.05, 0) is 17.7 Å². The van der Waals surface area contributed by atoms with Crippen molar-refractivity contribution in [1.29, 1.82) is 0 Å². The summed E-state index contributed by atoms with van der Waals surface area (Å²) in [6.07, 6.45) is -4.49. The predicted molar refractivity (Wildman–Crippen MR) is 50.8 cm³/mol. The highest BCUT2D eigenvalue weighted by molar-refractivity contribution is 5.89. The van der Waals surface area contributed by atoms with E-state index in [1.54, 1.807) is 0 Å². The number of esters is 1. The second kappa shape index (κ2) is 4.52. The lowest BCUT2D eigenvalue weighted by molar-refractivity contribution is -0.149. The number of carbonyl (C=O) groups is 1. The monoisotopic (exact) mass is 233 g/mol. The summed E-state index contributed by atoms with van der Waals surface area (Å²) in [4.78, 5) is 11.0. The fraction of sp³-hybridized carbons (Fsp3) is 0.300. The lowest BCUT2D eigenvalue weighted by Crippen LogP contribution is -2.28. The largest absolute Gasteiger partial charge is 0.465 e. The van der Waals surface area contributed by atoms with E-state index in [1.807, 2.05) is 0 Å². The highest BCUT2D eigenvalue weighted by Gasteiger charge is 2.37. The van der Waals surface area contributed by atoms with E-state index in [2.05, 4.69) is 4.74 Å². The maximum atomic E-state index is 12.2. The van der Waals surface area contributed by atoms with Crippen LogP contribution in [0, 0.1) is 0 Å². The Balaban J connectivity index is 2.91. The van der Waals surface area contributed by atoms with E-state index < -0.39 is 18.2 Å². The first-order chi connectivity index (χ1) is 7.36. The van der Waals surface area contributed by atoms with Crippen molar-refractivity contribution in [1.82, 2.24) is 0 Å². The zero-order valence-corrected chi connectivity index (χ0v) is 8.41. The van der Waals surface area contributed by atoms with E-state index in [0.717, 1.165) is 12.1 Å². The van der Waals surface area contributed by atoms with Crippen molar-refractivity contribution < 1.29 is 22.7 Å². The van der Waals surface area contributed by atoms with Crippen LogP contribution >= 0.6 is 0 Å². The van der Waals surface area contributed by atoms with Gasteiger partial charge in [-0.25, -0.2) is 4.79 Å². The number of hydrogen-bond donors (Lipinski definition) is 1. The molecule has 1 rings (SSSR count). The molecular weight excluding hydrogens is 223 g/mol. The molecule has 1 aromatic carbocycles. The van der Waals surface area contributed by atoms with E-state index >= 15 is 0 Å². The highest BCUT2D eigenvalue weighted by atomic mass is 19.4. The van der Waals surface area contributed by atoms with E-state index in [9.17, 15) is 18.0 Å². The van der Waals surface area contributed by atoms with Gasteiger partial charge in [0.15, 0.2) is 0 Å². The Morgan fingerprint density at radius 1 is 1.31 bits per heavy atom. The first-order valence-corrected chi connectivity index (χ1v) is 4.37. The van der Waals surface area contributed by atoms with Crippen LogP contribution in [0.25, 0.3) is 0 Å². The Kier molecular flexibility index (Phi) is 3.54. The molecule has 0 aromatic heterocycles. The topological polar surface area (TPSA) is 52.3 Å². The van der Waals surface area contributed by atoms with Gasteiger partial charge in [-0.15, -0.1) is 0 Å². The number of nitrogens with two attached hydrogens (primary N) is 1. The predicted octanol–water partition coefficient (Wildman–Crippen LogP) is 2.04. The lowest BCUT2D eigenvalue weighted by atomic mass is 10.1. The average molecular weight is 233 g/mol. The number of hydrogen-bond acceptors (Lipinski definition) is 3. The van der Waals surface area contributed by atoms with Gasteiger partial charge in [0.1, 0.15) is 6.04 Å². The molecule has 0 amide bonds. The van der Waals surface area contributed by atoms with Gasteiger partial charge in [-0.3, -0.25) is 0 Å². The summed E-state index contributed by atoms with van der Waals surface area (Å²) in [6.45, 7) is 0. The number of methoxy groups -OCH3 is 1. The summed E-state index contributed by atoms with van der Waals surface area (Å²) in [7, 11) is 1.19. The first kappa shape index (κ1) is 12.5. The molecule has 0 unspecified atom stereocenters. The smallest absolute Gasteiger partial charge is 0.407 e. The van der Waals surface area contributed by atoms with Gasteiger partial charge in [0.2, 0.25) is 0 Å². The van der Waals surface area contributed by atoms with E-state index in [-0.39, 0.29) is 11.1 Å². The Labute approximate surface area is 90.0 Å². The van der Waals surface area contributed by atoms with Crippen molar-refractivity contribution in [3.63, 3.8) is 0 Å². The van der Waals surface area contributed by atoms with Crippen molar-refractivity contribution >= 4 is 5.97 Å². The van der Waals surface area contributed by atoms with Crippen LogP contribution in [0.2, 0.25) is 0 Å². The van der Waals surface area contributed by atoms with Gasteiger partial charge in [-0.1, -0.05) is 12.1 Å². The number of carbonyl (C=O) groups excluding carboxylic acids is 1. The minimum atomic E-state index is -4.49. The molecule has 1 atom stereocenters. The molecule has 16 heavy (non-hydrogen) atoms. The van der Waals surface area contributed by atoms with Gasteiger partial charge >= 0.3 is 12.1 Å². The van der Waals surface area contributed by atoms with Crippen molar-refractivity contribution in [2.75, 3.05) is 7.11 Å². The Morgan fingerprint density at radius 3 is 2.19 bits per heavy atom. The van der Waals surface area contributed by atoms with Gasteiger partial charge in [0, 0.05) is 0 Å². The average Bonchev–Trinajstić information content (AvgIpc) is 2.26. The van der Waals surface area contributed by atoms with Crippen LogP contribution < -0.4 is 5.73 Å². The molecule has 0 bridgehead atoms. The molecule has 0 aliphatic rings. The fourth-order valence-corrected chi connectivity index (χ4v) is 1.13. The maximum Gasteiger partial charge on any atom is 0.407 e. The van der Waals surface area contributed by atoms with Crippen molar-refractivity contribution in [3.05, 3.63) is 35.4 Å². The molecule has 0 spiro atoms. The minimum Gasteiger partial charge on any atom is -0.465 e. The van der Waals surface area contributed by atoms with Crippen molar-refractivity contribution in [2.45, 2.75) is 12.2 Å². The SMILES string of the molecule is COC(=O)c1ccc([C@H](N)C(F)(F)F)cc1. The third kappa shape index (κ3) is 2.73. The molecular formula is C10H10F3NO2. The Bertz CT molecular complexity index is 373. The van der Waals surface area contributed by atoms with Crippen molar-refractivity contribution in [2.24, 2.45) is 5.73 Å². The van der Waals surface area contributed by atoms with Crippen LogP contribution in [0.1, 0.15) is 22.0 Å². The zero-order valence-electron chi connectivity index (χ0n) is 8.41. The summed E-state index contributed by atoms with van der Waals surface area (Å²) in [5.41, 5.74) is 5.07. The van der Waals surface area contributed by atoms with Crippen molar-refractivity contribution in [3.8, 4) is 0 Å². The third-order valence-electron chi connectivity index (χ3n) is 2.04. The van der Waals surface area contributed by atoms with Gasteiger partial charge in [-0.2, -0.15) is 13.2 Å². The van der Waals surface area contributed by atoms with E-state index in [4.69, 9.17) is 5.73 Å². The molecule has 1 aromatic rings. The zero-order chi connectivity index (χ0) is 12.3. The highest BCUT2D eigenvalue weighted by Crippen LogP contribution is 2.30. The first-order valence-electron chi connectivity index (χ1n) is 4.37. The molecule has 0 aliphatic carbocycles. The molecule has 3 nitrogen and oxygen atoms in total. The summed E-state index contributed by atoms with van der Waals surface area (Å²) in [5, 5.41) is 0. The summed E-state index contributed by atoms with van der Waals surface area (Å²) in [6, 6.07) is 2.76. The Morgan fingerprint density at radius 2 is 1.81 bits per heavy atom. The van der Waals surface area contributed by atoms with Crippen LogP contribution in [0.5, 0.6) is 0 Å². The molecule has 0 fully saturated rings. The number of rotatable bonds is 2. The van der Waals surface area contributed by atoms with Crippen LogP contribution in [-0.4, -0.2) is 19.3 Å². The molecule has 6 heteroatoms. The maximum absolute atomic E-state index is 12.2. The van der Waals surface area contributed by atoms with E-state index in [0.29, 0.717) is 0 Å². The molecule has 0 saturated heterocycles. The van der Waals surface area contributed by atoms with Crippen LogP contribution in [-0.2, 0) is 4.74 Å². The van der Waals surface area contributed by atoms with Crippen LogP contribution in [0.3, 0.4) is 0 Å². The molecule has 2 N–H and O–H groups in total. The van der Waals surface area contributed by atoms with Crippen LogP contribution in [0.15, 0.2) is 24.3 Å². The van der Waals surface area contributed by atoms with Gasteiger partial charge in [0.05, 0.1) is 12.7 Å². The number of benzene rings is 1. The molecule has 0 radical (unpaired) electrons. The number of ether oxygens (including phenoxy) is 1. The molecule has 88 valence electrons.